The van der Waals surface area contributed by atoms with E-state index < -0.39 is 0 Å². The first-order chi connectivity index (χ1) is 13.3. The molecule has 1 fully saturated rings. The smallest absolute Gasteiger partial charge is 0.155 e. The maximum atomic E-state index is 5.52. The molecule has 4 nitrogen and oxygen atoms in total. The normalized spacial score (nSPS) is 21.9. The second-order valence-electron chi connectivity index (χ2n) is 7.54. The Kier molecular flexibility index (Phi) is 4.21. The summed E-state index contributed by atoms with van der Waals surface area (Å²) < 4.78 is 5.52. The Morgan fingerprint density at radius 2 is 1.89 bits per heavy atom. The van der Waals surface area contributed by atoms with Crippen molar-refractivity contribution in [1.82, 2.24) is 0 Å². The van der Waals surface area contributed by atoms with Gasteiger partial charge in [-0.05, 0) is 42.9 Å². The minimum absolute atomic E-state index is 0.433. The van der Waals surface area contributed by atoms with E-state index in [-0.39, 0.29) is 0 Å². The summed E-state index contributed by atoms with van der Waals surface area (Å²) in [6.45, 7) is 4.48. The topological polar surface area (TPSA) is 46.3 Å². The summed E-state index contributed by atoms with van der Waals surface area (Å²) in [4.78, 5) is 14.2. The lowest BCUT2D eigenvalue weighted by molar-refractivity contribution is 0.0645. The van der Waals surface area contributed by atoms with Crippen LogP contribution in [0.2, 0.25) is 0 Å². The number of benzene rings is 2. The van der Waals surface area contributed by atoms with Crippen molar-refractivity contribution < 1.29 is 4.74 Å². The number of aryl methyl sites for hydroxylation is 1. The molecule has 4 heteroatoms. The number of rotatable bonds is 3. The number of fused-ring (bicyclic) bond motifs is 1. The molecule has 0 N–H and O–H groups in total. The molecule has 1 atom stereocenters. The van der Waals surface area contributed by atoms with Crippen LogP contribution >= 0.6 is 0 Å². The zero-order valence-electron chi connectivity index (χ0n) is 15.6. The predicted molar refractivity (Wildman–Crippen MR) is 110 cm³/mol. The Labute approximate surface area is 159 Å². The Morgan fingerprint density at radius 1 is 1.04 bits per heavy atom. The van der Waals surface area contributed by atoms with E-state index in [9.17, 15) is 0 Å². The van der Waals surface area contributed by atoms with Gasteiger partial charge in [0.2, 0.25) is 0 Å². The molecule has 0 aromatic heterocycles. The van der Waals surface area contributed by atoms with Gasteiger partial charge in [-0.2, -0.15) is 0 Å². The van der Waals surface area contributed by atoms with E-state index in [0.29, 0.717) is 18.4 Å². The van der Waals surface area contributed by atoms with Crippen LogP contribution in [-0.2, 0) is 4.74 Å². The van der Waals surface area contributed by atoms with Crippen molar-refractivity contribution in [3.63, 3.8) is 0 Å². The summed E-state index contributed by atoms with van der Waals surface area (Å²) in [5.41, 5.74) is 6.93. The molecule has 2 aromatic carbocycles. The molecule has 0 bridgehead atoms. The number of amidine groups is 1. The fraction of sp³-hybridized carbons (Fsp3) is 0.348. The van der Waals surface area contributed by atoms with E-state index >= 15 is 0 Å². The summed E-state index contributed by atoms with van der Waals surface area (Å²) in [6.07, 6.45) is 4.38. The third-order valence-electron chi connectivity index (χ3n) is 5.88. The van der Waals surface area contributed by atoms with Crippen molar-refractivity contribution in [3.8, 4) is 0 Å². The SMILES string of the molecule is Cc1ccccc1C1=NCC(c2ccc3c(c2)N=CC3C2CCOCC2)=N1. The average Bonchev–Trinajstić information content (AvgIpc) is 3.36. The number of hydrogen-bond acceptors (Lipinski definition) is 4. The van der Waals surface area contributed by atoms with Crippen molar-refractivity contribution >= 4 is 23.4 Å². The highest BCUT2D eigenvalue weighted by Crippen LogP contribution is 2.40. The largest absolute Gasteiger partial charge is 0.381 e. The van der Waals surface area contributed by atoms with E-state index in [0.717, 1.165) is 54.4 Å². The molecular weight excluding hydrogens is 334 g/mol. The number of ether oxygens (including phenoxy) is 1. The van der Waals surface area contributed by atoms with Gasteiger partial charge in [0.15, 0.2) is 5.84 Å². The average molecular weight is 357 g/mol. The van der Waals surface area contributed by atoms with Gasteiger partial charge < -0.3 is 4.74 Å². The fourth-order valence-corrected chi connectivity index (χ4v) is 4.28. The molecule has 0 aliphatic carbocycles. The second-order valence-corrected chi connectivity index (χ2v) is 7.54. The van der Waals surface area contributed by atoms with Gasteiger partial charge >= 0.3 is 0 Å². The summed E-state index contributed by atoms with van der Waals surface area (Å²) in [7, 11) is 0. The molecular formula is C23H23N3O. The first-order valence-electron chi connectivity index (χ1n) is 9.74. The molecule has 27 heavy (non-hydrogen) atoms. The highest BCUT2D eigenvalue weighted by Gasteiger charge is 2.29. The van der Waals surface area contributed by atoms with Gasteiger partial charge in [-0.25, -0.2) is 4.99 Å². The summed E-state index contributed by atoms with van der Waals surface area (Å²) in [5, 5.41) is 0. The van der Waals surface area contributed by atoms with Crippen LogP contribution in [0.5, 0.6) is 0 Å². The molecule has 3 aliphatic heterocycles. The summed E-state index contributed by atoms with van der Waals surface area (Å²) in [5.74, 6) is 1.92. The van der Waals surface area contributed by atoms with Gasteiger partial charge in [-0.3, -0.25) is 9.98 Å². The monoisotopic (exact) mass is 357 g/mol. The molecule has 0 saturated carbocycles. The van der Waals surface area contributed by atoms with E-state index in [1.807, 2.05) is 12.1 Å². The molecule has 1 saturated heterocycles. The van der Waals surface area contributed by atoms with Crippen LogP contribution < -0.4 is 0 Å². The minimum Gasteiger partial charge on any atom is -0.381 e. The van der Waals surface area contributed by atoms with Gasteiger partial charge in [-0.15, -0.1) is 0 Å². The first kappa shape index (κ1) is 16.6. The minimum atomic E-state index is 0.433. The molecule has 0 radical (unpaired) electrons. The molecule has 136 valence electrons. The van der Waals surface area contributed by atoms with Crippen LogP contribution in [0.15, 0.2) is 57.4 Å². The standard InChI is InChI=1S/C23H23N3O/c1-15-4-2-3-5-18(15)23-25-14-22(26-23)17-6-7-19-20(13-24-21(19)12-17)16-8-10-27-11-9-16/h2-7,12-13,16,20H,8-11,14H2,1H3. The predicted octanol–water partition coefficient (Wildman–Crippen LogP) is 4.47. The molecule has 0 amide bonds. The summed E-state index contributed by atoms with van der Waals surface area (Å²) >= 11 is 0. The van der Waals surface area contributed by atoms with Gasteiger partial charge in [0, 0.05) is 36.5 Å². The van der Waals surface area contributed by atoms with Crippen LogP contribution in [0, 0.1) is 12.8 Å². The zero-order chi connectivity index (χ0) is 18.2. The van der Waals surface area contributed by atoms with Crippen molar-refractivity contribution in [1.29, 1.82) is 0 Å². The maximum absolute atomic E-state index is 5.52. The number of aliphatic imine (C=N–C) groups is 3. The van der Waals surface area contributed by atoms with Crippen molar-refractivity contribution in [2.24, 2.45) is 20.9 Å². The maximum Gasteiger partial charge on any atom is 0.155 e. The molecule has 3 aliphatic rings. The Bertz CT molecular complexity index is 967. The van der Waals surface area contributed by atoms with Crippen LogP contribution in [0.25, 0.3) is 0 Å². The summed E-state index contributed by atoms with van der Waals surface area (Å²) in [6, 6.07) is 14.9. The lowest BCUT2D eigenvalue weighted by atomic mass is 9.82. The van der Waals surface area contributed by atoms with Crippen molar-refractivity contribution in [2.45, 2.75) is 25.7 Å². The Morgan fingerprint density at radius 3 is 2.74 bits per heavy atom. The lowest BCUT2D eigenvalue weighted by Crippen LogP contribution is -2.21. The quantitative estimate of drug-likeness (QED) is 0.799. The number of nitrogens with zero attached hydrogens (tertiary/aromatic N) is 3. The van der Waals surface area contributed by atoms with Crippen LogP contribution in [0.1, 0.15) is 41.0 Å². The van der Waals surface area contributed by atoms with Crippen LogP contribution in [-0.4, -0.2) is 37.5 Å². The van der Waals surface area contributed by atoms with Gasteiger partial charge in [0.1, 0.15) is 0 Å². The van der Waals surface area contributed by atoms with Crippen LogP contribution in [0.4, 0.5) is 5.69 Å². The first-order valence-corrected chi connectivity index (χ1v) is 9.74. The lowest BCUT2D eigenvalue weighted by Gasteiger charge is -2.26. The second kappa shape index (κ2) is 6.86. The highest BCUT2D eigenvalue weighted by atomic mass is 16.5. The van der Waals surface area contributed by atoms with E-state index in [1.165, 1.54) is 11.1 Å². The van der Waals surface area contributed by atoms with Crippen molar-refractivity contribution in [2.75, 3.05) is 19.8 Å². The van der Waals surface area contributed by atoms with E-state index in [4.69, 9.17) is 14.7 Å². The van der Waals surface area contributed by atoms with Gasteiger partial charge in [0.25, 0.3) is 0 Å². The van der Waals surface area contributed by atoms with E-state index in [2.05, 4.69) is 48.5 Å². The molecule has 1 unspecified atom stereocenters. The Hall–Kier alpha value is -2.59. The zero-order valence-corrected chi connectivity index (χ0v) is 15.6. The molecule has 5 rings (SSSR count). The van der Waals surface area contributed by atoms with Crippen molar-refractivity contribution in [3.05, 3.63) is 64.7 Å². The number of hydrogen-bond donors (Lipinski definition) is 0. The van der Waals surface area contributed by atoms with Gasteiger partial charge in [0.05, 0.1) is 17.9 Å². The Balaban J connectivity index is 1.40. The van der Waals surface area contributed by atoms with Gasteiger partial charge in [-0.1, -0.05) is 36.4 Å². The highest BCUT2D eigenvalue weighted by molar-refractivity contribution is 6.17. The molecule has 0 spiro atoms. The third-order valence-corrected chi connectivity index (χ3v) is 5.88. The molecule has 2 aromatic rings. The fourth-order valence-electron chi connectivity index (χ4n) is 4.28. The molecule has 3 heterocycles. The van der Waals surface area contributed by atoms with Crippen LogP contribution in [0.3, 0.4) is 0 Å². The van der Waals surface area contributed by atoms with E-state index in [1.54, 1.807) is 0 Å². The third kappa shape index (κ3) is 3.04.